The Balaban J connectivity index is 1.00. The summed E-state index contributed by atoms with van der Waals surface area (Å²) in [6, 6.07) is 29.0. The van der Waals surface area contributed by atoms with E-state index in [0.29, 0.717) is 41.5 Å². The smallest absolute Gasteiger partial charge is 0.306 e. The molecule has 0 saturated heterocycles. The second-order valence-corrected chi connectivity index (χ2v) is 19.2. The highest BCUT2D eigenvalue weighted by Gasteiger charge is 2.38. The van der Waals surface area contributed by atoms with E-state index in [4.69, 9.17) is 33.2 Å². The number of nitrogens with zero attached hydrogens (tertiary/aromatic N) is 4. The number of allylic oxidation sites excluding steroid dienone is 4. The number of carbonyl (C=O) groups is 4. The predicted octanol–water partition coefficient (Wildman–Crippen LogP) is 10.3. The lowest BCUT2D eigenvalue weighted by atomic mass is 9.94. The number of anilines is 2. The molecule has 0 bridgehead atoms. The summed E-state index contributed by atoms with van der Waals surface area (Å²) in [6.45, 7) is 15.9. The quantitative estimate of drug-likeness (QED) is 0.0609. The fourth-order valence-corrected chi connectivity index (χ4v) is 7.83. The topological polar surface area (TPSA) is 187 Å². The van der Waals surface area contributed by atoms with Gasteiger partial charge in [0, 0.05) is 36.6 Å². The first kappa shape index (κ1) is 56.9. The van der Waals surface area contributed by atoms with E-state index in [9.17, 15) is 29.7 Å². The van der Waals surface area contributed by atoms with E-state index in [2.05, 4.69) is 12.1 Å². The van der Waals surface area contributed by atoms with Crippen molar-refractivity contribution in [2.24, 2.45) is 0 Å². The van der Waals surface area contributed by atoms with Gasteiger partial charge in [0.25, 0.3) is 0 Å². The van der Waals surface area contributed by atoms with Gasteiger partial charge in [-0.2, -0.15) is 10.5 Å². The Morgan fingerprint density at radius 2 is 0.973 bits per heavy atom. The molecule has 5 rings (SSSR count). The molecule has 0 saturated carbocycles. The van der Waals surface area contributed by atoms with E-state index in [1.807, 2.05) is 158 Å². The number of hydrogen-bond donors (Lipinski definition) is 0. The highest BCUT2D eigenvalue weighted by molar-refractivity contribution is 5.78. The first-order valence-corrected chi connectivity index (χ1v) is 24.6. The predicted molar refractivity (Wildman–Crippen MR) is 283 cm³/mol. The van der Waals surface area contributed by atoms with Gasteiger partial charge in [0.05, 0.1) is 38.8 Å². The van der Waals surface area contributed by atoms with E-state index < -0.39 is 41.2 Å². The van der Waals surface area contributed by atoms with Crippen LogP contribution in [0.1, 0.15) is 92.2 Å². The number of rotatable bonds is 24. The Labute approximate surface area is 435 Å². The van der Waals surface area contributed by atoms with Crippen LogP contribution in [0.25, 0.3) is 12.2 Å². The SMILES string of the molecule is CC(C)=C1OC(C)(C)C(/C=C/c2ccc(N(C)CCOC(=O)CCC(=O)OCC(COc3ccccc3)OC(=O)CCC(=O)OCCN(C)c3ccc(/C=C/C4=C(C#N)C(=C(C)C)OC4(C)C)cc3)cc2)=C1C#N. The molecule has 0 aromatic heterocycles. The molecule has 1 unspecified atom stereocenters. The standard InChI is InChI=1S/C59H68N4O11/c1-40(2)56-48(36-60)50(58(5,6)73-56)26-20-42-16-22-44(23-17-42)62(9)32-34-68-52(64)28-29-54(66)71-39-47(38-70-46-14-12-11-13-15-46)72-55(67)31-30-53(65)69-35-33-63(10)45-24-18-43(19-25-45)21-27-51-49(37-61)57(41(3)4)74-59(51,7)8/h11-27,47H,28-35,38-39H2,1-10H3/b26-20+,27-21+. The fourth-order valence-electron chi connectivity index (χ4n) is 7.83. The van der Waals surface area contributed by atoms with Gasteiger partial charge < -0.3 is 43.0 Å². The maximum Gasteiger partial charge on any atom is 0.306 e. The molecule has 2 aliphatic rings. The molecule has 0 spiro atoms. The molecule has 15 nitrogen and oxygen atoms in total. The third kappa shape index (κ3) is 16.5. The van der Waals surface area contributed by atoms with Gasteiger partial charge >= 0.3 is 23.9 Å². The minimum atomic E-state index is -1.00. The van der Waals surface area contributed by atoms with Crippen molar-refractivity contribution in [3.63, 3.8) is 0 Å². The minimum Gasteiger partial charge on any atom is -0.490 e. The minimum absolute atomic E-state index is 0.0838. The van der Waals surface area contributed by atoms with E-state index in [1.54, 1.807) is 24.3 Å². The molecule has 74 heavy (non-hydrogen) atoms. The zero-order chi connectivity index (χ0) is 54.0. The number of likely N-dealkylation sites (N-methyl/N-ethyl adjacent to an activating group) is 2. The third-order valence-corrected chi connectivity index (χ3v) is 12.0. The maximum absolute atomic E-state index is 12.9. The number of hydrogen-bond acceptors (Lipinski definition) is 15. The van der Waals surface area contributed by atoms with E-state index in [0.717, 1.165) is 44.8 Å². The Morgan fingerprint density at radius 3 is 1.38 bits per heavy atom. The molecule has 3 aromatic carbocycles. The van der Waals surface area contributed by atoms with Gasteiger partial charge in [0.15, 0.2) is 6.10 Å². The van der Waals surface area contributed by atoms with Gasteiger partial charge in [-0.05, 0) is 114 Å². The van der Waals surface area contributed by atoms with E-state index >= 15 is 0 Å². The molecule has 15 heteroatoms. The molecule has 0 amide bonds. The average molecular weight is 1010 g/mol. The van der Waals surface area contributed by atoms with Crippen LogP contribution in [0.3, 0.4) is 0 Å². The first-order chi connectivity index (χ1) is 35.2. The van der Waals surface area contributed by atoms with Crippen molar-refractivity contribution in [1.29, 1.82) is 10.5 Å². The largest absolute Gasteiger partial charge is 0.490 e. The lowest BCUT2D eigenvalue weighted by Crippen LogP contribution is -2.31. The number of benzene rings is 3. The lowest BCUT2D eigenvalue weighted by molar-refractivity contribution is -0.162. The first-order valence-electron chi connectivity index (χ1n) is 24.6. The molecule has 0 fully saturated rings. The van der Waals surface area contributed by atoms with Crippen molar-refractivity contribution in [1.82, 2.24) is 0 Å². The molecule has 0 radical (unpaired) electrons. The van der Waals surface area contributed by atoms with Crippen LogP contribution in [0.2, 0.25) is 0 Å². The van der Waals surface area contributed by atoms with Crippen LogP contribution >= 0.6 is 0 Å². The van der Waals surface area contributed by atoms with Crippen molar-refractivity contribution in [2.75, 3.05) is 63.4 Å². The monoisotopic (exact) mass is 1010 g/mol. The van der Waals surface area contributed by atoms with Gasteiger partial charge in [-0.15, -0.1) is 0 Å². The molecule has 390 valence electrons. The summed E-state index contributed by atoms with van der Waals surface area (Å²) in [6.07, 6.45) is 5.76. The number of para-hydroxylation sites is 1. The van der Waals surface area contributed by atoms with Crippen LogP contribution in [0.5, 0.6) is 5.75 Å². The van der Waals surface area contributed by atoms with Gasteiger partial charge in [-0.25, -0.2) is 0 Å². The molecular weight excluding hydrogens is 941 g/mol. The number of nitriles is 2. The number of carbonyl (C=O) groups excluding carboxylic acids is 4. The Kier molecular flexibility index (Phi) is 20.4. The van der Waals surface area contributed by atoms with Crippen molar-refractivity contribution < 1.29 is 52.3 Å². The third-order valence-electron chi connectivity index (χ3n) is 12.0. The Bertz CT molecular complexity index is 2760. The van der Waals surface area contributed by atoms with Crippen molar-refractivity contribution in [3.05, 3.63) is 147 Å². The number of ether oxygens (including phenoxy) is 7. The summed E-state index contributed by atoms with van der Waals surface area (Å²) in [5.41, 5.74) is 7.01. The zero-order valence-corrected chi connectivity index (χ0v) is 44.2. The lowest BCUT2D eigenvalue weighted by Gasteiger charge is -2.21. The van der Waals surface area contributed by atoms with Crippen LogP contribution in [-0.2, 0) is 47.6 Å². The van der Waals surface area contributed by atoms with Crippen LogP contribution < -0.4 is 14.5 Å². The summed E-state index contributed by atoms with van der Waals surface area (Å²) < 4.78 is 39.7. The second-order valence-electron chi connectivity index (χ2n) is 19.2. The van der Waals surface area contributed by atoms with Gasteiger partial charge in [-0.3, -0.25) is 19.2 Å². The normalized spacial score (nSPS) is 14.9. The fraction of sp³-hybridized carbons (Fsp3) is 0.390. The molecule has 3 aromatic rings. The summed E-state index contributed by atoms with van der Waals surface area (Å²) in [5.74, 6) is -0.798. The molecule has 2 aliphatic heterocycles. The van der Waals surface area contributed by atoms with E-state index in [-0.39, 0.29) is 52.1 Å². The summed E-state index contributed by atoms with van der Waals surface area (Å²) >= 11 is 0. The van der Waals surface area contributed by atoms with Gasteiger partial charge in [-0.1, -0.05) is 66.8 Å². The molecule has 0 aliphatic carbocycles. The molecular formula is C59H68N4O11. The van der Waals surface area contributed by atoms with Crippen LogP contribution in [0, 0.1) is 22.7 Å². The van der Waals surface area contributed by atoms with Crippen LogP contribution in [-0.4, -0.2) is 94.8 Å². The molecule has 1 atom stereocenters. The Hall–Kier alpha value is -8.04. The van der Waals surface area contributed by atoms with Gasteiger partial charge in [0.2, 0.25) is 0 Å². The molecule has 0 N–H and O–H groups in total. The number of esters is 4. The summed E-state index contributed by atoms with van der Waals surface area (Å²) in [4.78, 5) is 54.6. The van der Waals surface area contributed by atoms with Gasteiger partial charge in [0.1, 0.15) is 78.2 Å². The Morgan fingerprint density at radius 1 is 0.568 bits per heavy atom. The van der Waals surface area contributed by atoms with E-state index in [1.165, 1.54) is 0 Å². The average Bonchev–Trinajstić information content (AvgIpc) is 3.81. The maximum atomic E-state index is 12.9. The summed E-state index contributed by atoms with van der Waals surface area (Å²) in [5, 5.41) is 19.6. The van der Waals surface area contributed by atoms with Crippen molar-refractivity contribution >= 4 is 47.4 Å². The van der Waals surface area contributed by atoms with Crippen molar-refractivity contribution in [3.8, 4) is 17.9 Å². The second kappa shape index (κ2) is 26.6. The molecule has 2 heterocycles. The van der Waals surface area contributed by atoms with Crippen LogP contribution in [0.4, 0.5) is 11.4 Å². The van der Waals surface area contributed by atoms with Crippen LogP contribution in [0.15, 0.2) is 136 Å². The van der Waals surface area contributed by atoms with Crippen molar-refractivity contribution in [2.45, 2.75) is 98.4 Å². The summed E-state index contributed by atoms with van der Waals surface area (Å²) in [7, 11) is 3.75. The highest BCUT2D eigenvalue weighted by atomic mass is 16.6. The highest BCUT2D eigenvalue weighted by Crippen LogP contribution is 2.41. The zero-order valence-electron chi connectivity index (χ0n) is 44.2.